The third-order valence-electron chi connectivity index (χ3n) is 23.4. The van der Waals surface area contributed by atoms with E-state index in [0.29, 0.717) is 0 Å². The van der Waals surface area contributed by atoms with Gasteiger partial charge in [0.1, 0.15) is 0 Å². The van der Waals surface area contributed by atoms with Gasteiger partial charge < -0.3 is 22.8 Å². The first-order chi connectivity index (χ1) is 58.6. The van der Waals surface area contributed by atoms with E-state index in [9.17, 15) is 0 Å². The monoisotopic (exact) mass is 1540 g/mol. The van der Waals surface area contributed by atoms with Crippen LogP contribution in [-0.4, -0.2) is 22.8 Å². The lowest BCUT2D eigenvalue weighted by Crippen LogP contribution is -1.96. The van der Waals surface area contributed by atoms with Gasteiger partial charge >= 0.3 is 0 Å². The van der Waals surface area contributed by atoms with Crippen LogP contribution in [-0.2, 0) is 0 Å². The molecule has 0 aliphatic heterocycles. The van der Waals surface area contributed by atoms with Crippen LogP contribution in [0.25, 0.3) is 180 Å². The molecule has 5 nitrogen and oxygen atoms in total. The Kier molecular flexibility index (Phi) is 19.3. The minimum absolute atomic E-state index is 1.20. The summed E-state index contributed by atoms with van der Waals surface area (Å²) < 4.78 is 14.5. The van der Waals surface area contributed by atoms with Crippen LogP contribution in [0.3, 0.4) is 0 Å². The van der Waals surface area contributed by atoms with E-state index in [1.54, 1.807) is 0 Å². The average molecular weight is 1550 g/mol. The molecule has 24 aromatic rings. The summed E-state index contributed by atoms with van der Waals surface area (Å²) in [6.07, 6.45) is 0. The Morgan fingerprint density at radius 3 is 1.00 bits per heavy atom. The van der Waals surface area contributed by atoms with Gasteiger partial charge in [0.25, 0.3) is 0 Å². The van der Waals surface area contributed by atoms with Gasteiger partial charge in [-0.25, -0.2) is 0 Å². The Labute approximate surface area is 696 Å². The van der Waals surface area contributed by atoms with Gasteiger partial charge in [-0.05, 0) is 208 Å². The highest BCUT2D eigenvalue weighted by molar-refractivity contribution is 7.26. The SMILES string of the molecule is Cc1ccc(-n2c3ccccc3c3cc(-c4ccccc4)ccc32)cc1.Cc1ccc(-n2c3ccccc3c3ccccc32)cc1.Cc1ccc2c(c1)c1cc(-c3cccc4c3sc3ccccc34)ccc1n2-c1ccccc1.Cc1cccc(-n2c3ccccc3c3ccccc32)c1.Cc1ccccc1-n1c2ccccc2c2ccccc21. The van der Waals surface area contributed by atoms with E-state index in [0.717, 1.165) is 0 Å². The Morgan fingerprint density at radius 1 is 0.176 bits per heavy atom. The van der Waals surface area contributed by atoms with Crippen molar-refractivity contribution in [3.63, 3.8) is 0 Å². The molecule has 6 aromatic heterocycles. The highest BCUT2D eigenvalue weighted by Crippen LogP contribution is 2.44. The first kappa shape index (κ1) is 73.1. The zero-order chi connectivity index (χ0) is 80.0. The summed E-state index contributed by atoms with van der Waals surface area (Å²) in [4.78, 5) is 0. The van der Waals surface area contributed by atoms with Crippen molar-refractivity contribution in [1.82, 2.24) is 22.8 Å². The topological polar surface area (TPSA) is 24.6 Å². The average Bonchev–Trinajstić information content (AvgIpc) is 1.66. The van der Waals surface area contributed by atoms with Crippen LogP contribution in [0.4, 0.5) is 0 Å². The Hall–Kier alpha value is -14.8. The standard InChI is InChI=1S/C31H21NS.C25H19N.3C19H15N/c1-20-14-16-28-26(18-20)27-19-21(15-17-29(27)32(28)22-8-3-2-4-9-22)23-11-7-12-25-24-10-5-6-13-30(24)33-31(23)25;1-18-11-14-21(15-12-18)26-24-10-6-5-9-22(24)23-17-20(13-16-25(23)26)19-7-3-2-4-8-19;1-14-8-2-5-11-17(14)20-18-12-6-3-9-15(18)16-10-4-7-13-19(16)20;1-14-7-6-8-15(13-14)20-18-11-4-2-9-16(18)17-10-3-5-12-19(17)20;1-14-10-12-15(13-11-14)20-18-8-4-2-6-16(18)17-7-3-5-9-19(17)20/h2-19H,1H3;2-17H,1H3;3*2-13H,1H3. The minimum Gasteiger partial charge on any atom is -0.309 e. The molecule has 0 saturated heterocycles. The molecule has 0 amide bonds. The van der Waals surface area contributed by atoms with E-state index in [2.05, 4.69) is 482 Å². The quantitative estimate of drug-likeness (QED) is 0.152. The molecule has 119 heavy (non-hydrogen) atoms. The van der Waals surface area contributed by atoms with Crippen LogP contribution < -0.4 is 0 Å². The fraction of sp³-hybridized carbons (Fsp3) is 0.0442. The fourth-order valence-corrected chi connectivity index (χ4v) is 19.0. The summed E-state index contributed by atoms with van der Waals surface area (Å²) in [7, 11) is 0. The number of hydrogen-bond acceptors (Lipinski definition) is 1. The van der Waals surface area contributed by atoms with Crippen LogP contribution in [0.5, 0.6) is 0 Å². The molecule has 6 heterocycles. The fourth-order valence-electron chi connectivity index (χ4n) is 17.7. The molecule has 0 spiro atoms. The van der Waals surface area contributed by atoms with E-state index in [1.165, 1.54) is 208 Å². The zero-order valence-electron chi connectivity index (χ0n) is 67.1. The molecular weight excluding hydrogens is 1460 g/mol. The molecule has 0 atom stereocenters. The summed E-state index contributed by atoms with van der Waals surface area (Å²) in [5, 5.41) is 15.7. The van der Waals surface area contributed by atoms with Gasteiger partial charge in [0.15, 0.2) is 0 Å². The maximum atomic E-state index is 2.38. The van der Waals surface area contributed by atoms with Crippen LogP contribution >= 0.6 is 11.3 Å². The van der Waals surface area contributed by atoms with Crippen molar-refractivity contribution in [3.8, 4) is 50.7 Å². The highest BCUT2D eigenvalue weighted by atomic mass is 32.1. The van der Waals surface area contributed by atoms with Crippen LogP contribution in [0.1, 0.15) is 27.8 Å². The van der Waals surface area contributed by atoms with Gasteiger partial charge in [-0.15, -0.1) is 11.3 Å². The predicted octanol–water partition coefficient (Wildman–Crippen LogP) is 31.2. The van der Waals surface area contributed by atoms with Crippen molar-refractivity contribution in [3.05, 3.63) is 452 Å². The molecule has 0 unspecified atom stereocenters. The Bertz CT molecular complexity index is 7740. The highest BCUT2D eigenvalue weighted by Gasteiger charge is 2.20. The molecule has 568 valence electrons. The summed E-state index contributed by atoms with van der Waals surface area (Å²) in [6, 6.07) is 152. The second-order valence-corrected chi connectivity index (χ2v) is 32.1. The van der Waals surface area contributed by atoms with Crippen LogP contribution in [0.2, 0.25) is 0 Å². The normalized spacial score (nSPS) is 11.4. The minimum atomic E-state index is 1.20. The van der Waals surface area contributed by atoms with Crippen molar-refractivity contribution in [2.75, 3.05) is 0 Å². The van der Waals surface area contributed by atoms with Gasteiger partial charge in [0.05, 0.1) is 55.2 Å². The number of aryl methyl sites for hydroxylation is 5. The molecule has 0 aliphatic rings. The van der Waals surface area contributed by atoms with Crippen molar-refractivity contribution < 1.29 is 0 Å². The van der Waals surface area contributed by atoms with Gasteiger partial charge in [0, 0.05) is 102 Å². The van der Waals surface area contributed by atoms with Crippen molar-refractivity contribution >= 4 is 141 Å². The molecule has 6 heteroatoms. The summed E-state index contributed by atoms with van der Waals surface area (Å²) in [5.74, 6) is 0. The largest absolute Gasteiger partial charge is 0.309 e. The molecule has 0 bridgehead atoms. The maximum absolute atomic E-state index is 2.38. The smallest absolute Gasteiger partial charge is 0.0541 e. The number of para-hydroxylation sites is 9. The van der Waals surface area contributed by atoms with Gasteiger partial charge in [-0.3, -0.25) is 0 Å². The number of fused-ring (bicyclic) bond motifs is 18. The molecule has 0 N–H and O–H groups in total. The molecule has 18 aromatic carbocycles. The summed E-state index contributed by atoms with van der Waals surface area (Å²) in [5.41, 5.74) is 30.2. The van der Waals surface area contributed by atoms with Gasteiger partial charge in [0.2, 0.25) is 0 Å². The van der Waals surface area contributed by atoms with E-state index < -0.39 is 0 Å². The molecule has 0 aliphatic carbocycles. The number of nitrogens with zero attached hydrogens (tertiary/aromatic N) is 5. The first-order valence-electron chi connectivity index (χ1n) is 41.0. The lowest BCUT2D eigenvalue weighted by atomic mass is 10.0. The molecule has 0 fully saturated rings. The maximum Gasteiger partial charge on any atom is 0.0541 e. The van der Waals surface area contributed by atoms with Gasteiger partial charge in [-0.2, -0.15) is 0 Å². The number of hydrogen-bond donors (Lipinski definition) is 0. The second kappa shape index (κ2) is 31.4. The molecular formula is C113H85N5S. The predicted molar refractivity (Wildman–Crippen MR) is 511 cm³/mol. The number of benzene rings is 18. The van der Waals surface area contributed by atoms with Gasteiger partial charge in [-0.1, -0.05) is 302 Å². The Balaban J connectivity index is 0.0000000968. The van der Waals surface area contributed by atoms with E-state index in [-0.39, 0.29) is 0 Å². The third-order valence-corrected chi connectivity index (χ3v) is 24.6. The van der Waals surface area contributed by atoms with Crippen molar-refractivity contribution in [1.29, 1.82) is 0 Å². The van der Waals surface area contributed by atoms with Crippen LogP contribution in [0.15, 0.2) is 425 Å². The van der Waals surface area contributed by atoms with E-state index >= 15 is 0 Å². The Morgan fingerprint density at radius 2 is 0.504 bits per heavy atom. The van der Waals surface area contributed by atoms with Crippen molar-refractivity contribution in [2.24, 2.45) is 0 Å². The number of rotatable bonds is 7. The second-order valence-electron chi connectivity index (χ2n) is 31.1. The van der Waals surface area contributed by atoms with Crippen molar-refractivity contribution in [2.45, 2.75) is 34.6 Å². The summed E-state index contributed by atoms with van der Waals surface area (Å²) >= 11 is 1.89. The van der Waals surface area contributed by atoms with E-state index in [4.69, 9.17) is 0 Å². The third kappa shape index (κ3) is 13.6. The number of aromatic nitrogens is 5. The molecule has 24 rings (SSSR count). The summed E-state index contributed by atoms with van der Waals surface area (Å²) in [6.45, 7) is 10.7. The lowest BCUT2D eigenvalue weighted by Gasteiger charge is -2.10. The number of thiophene rings is 1. The first-order valence-corrected chi connectivity index (χ1v) is 41.8. The molecule has 0 saturated carbocycles. The van der Waals surface area contributed by atoms with Crippen LogP contribution in [0, 0.1) is 34.6 Å². The molecule has 0 radical (unpaired) electrons. The zero-order valence-corrected chi connectivity index (χ0v) is 67.9. The lowest BCUT2D eigenvalue weighted by molar-refractivity contribution is 1.15. The van der Waals surface area contributed by atoms with E-state index in [1.807, 2.05) is 11.3 Å².